The Morgan fingerprint density at radius 3 is 2.26 bits per heavy atom. The Balaban J connectivity index is 1.57. The highest BCUT2D eigenvalue weighted by molar-refractivity contribution is 6.30. The summed E-state index contributed by atoms with van der Waals surface area (Å²) in [6.45, 7) is 0.418. The minimum Gasteiger partial charge on any atom is -0.480 e. The molecule has 0 atom stereocenters. The average Bonchev–Trinajstić information content (AvgIpc) is 2.74. The lowest BCUT2D eigenvalue weighted by atomic mass is 9.83. The van der Waals surface area contributed by atoms with Crippen molar-refractivity contribution >= 4 is 35.0 Å². The molecular formula is C23H25ClFNO5. The van der Waals surface area contributed by atoms with Gasteiger partial charge in [0, 0.05) is 5.02 Å². The number of nitrogens with zero attached hydrogens (tertiary/aromatic N) is 1. The Morgan fingerprint density at radius 2 is 1.65 bits per heavy atom. The van der Waals surface area contributed by atoms with Gasteiger partial charge in [-0.25, -0.2) is 18.9 Å². The summed E-state index contributed by atoms with van der Waals surface area (Å²) in [6.07, 6.45) is 2.95. The second-order valence-electron chi connectivity index (χ2n) is 7.66. The van der Waals surface area contributed by atoms with Gasteiger partial charge in [-0.1, -0.05) is 17.7 Å². The maximum atomic E-state index is 13.8. The number of carbonyl (C=O) groups excluding carboxylic acids is 1. The van der Waals surface area contributed by atoms with Gasteiger partial charge in [0.2, 0.25) is 0 Å². The van der Waals surface area contributed by atoms with E-state index in [1.165, 1.54) is 23.1 Å². The average molecular weight is 450 g/mol. The third-order valence-corrected chi connectivity index (χ3v) is 5.57. The van der Waals surface area contributed by atoms with Crippen LogP contribution in [0.2, 0.25) is 5.02 Å². The molecule has 2 aromatic rings. The number of ether oxygens (including phenoxy) is 2. The molecule has 1 aliphatic rings. The van der Waals surface area contributed by atoms with Crippen LogP contribution in [0.4, 0.5) is 20.6 Å². The van der Waals surface area contributed by atoms with Crippen molar-refractivity contribution in [3.05, 3.63) is 59.4 Å². The molecule has 1 aliphatic carbocycles. The van der Waals surface area contributed by atoms with Crippen molar-refractivity contribution in [2.24, 2.45) is 11.8 Å². The van der Waals surface area contributed by atoms with Crippen molar-refractivity contribution < 1.29 is 28.6 Å². The van der Waals surface area contributed by atoms with E-state index in [4.69, 9.17) is 26.2 Å². The molecule has 0 saturated heterocycles. The lowest BCUT2D eigenvalue weighted by Crippen LogP contribution is -2.30. The SMILES string of the molecule is O=C(O)COCC1CCC(COC(=O)N(c2ccc(Cl)cc2)c2cccc(F)c2)CC1. The summed E-state index contributed by atoms with van der Waals surface area (Å²) >= 11 is 5.96. The van der Waals surface area contributed by atoms with Gasteiger partial charge in [-0.2, -0.15) is 0 Å². The van der Waals surface area contributed by atoms with Crippen molar-refractivity contribution in [2.75, 3.05) is 24.7 Å². The van der Waals surface area contributed by atoms with E-state index in [1.807, 2.05) is 0 Å². The highest BCUT2D eigenvalue weighted by Gasteiger charge is 2.25. The molecule has 8 heteroatoms. The zero-order chi connectivity index (χ0) is 22.2. The number of halogens is 2. The van der Waals surface area contributed by atoms with Gasteiger partial charge in [0.05, 0.1) is 24.6 Å². The Bertz CT molecular complexity index is 884. The first-order valence-electron chi connectivity index (χ1n) is 10.2. The summed E-state index contributed by atoms with van der Waals surface area (Å²) in [4.78, 5) is 24.8. The third kappa shape index (κ3) is 6.94. The van der Waals surface area contributed by atoms with E-state index in [0.29, 0.717) is 28.9 Å². The number of aliphatic carboxylic acids is 1. The zero-order valence-corrected chi connectivity index (χ0v) is 17.8. The van der Waals surface area contributed by atoms with Gasteiger partial charge in [-0.3, -0.25) is 0 Å². The molecule has 0 aromatic heterocycles. The van der Waals surface area contributed by atoms with Crippen molar-refractivity contribution in [1.82, 2.24) is 0 Å². The van der Waals surface area contributed by atoms with E-state index in [0.717, 1.165) is 25.7 Å². The molecular weight excluding hydrogens is 425 g/mol. The summed E-state index contributed by atoms with van der Waals surface area (Å²) in [5.74, 6) is -0.875. The van der Waals surface area contributed by atoms with E-state index in [1.54, 1.807) is 30.3 Å². The molecule has 0 radical (unpaired) electrons. The molecule has 1 amide bonds. The molecule has 1 fully saturated rings. The second kappa shape index (κ2) is 11.1. The molecule has 0 unspecified atom stereocenters. The van der Waals surface area contributed by atoms with E-state index in [9.17, 15) is 14.0 Å². The molecule has 0 aliphatic heterocycles. The Labute approximate surface area is 185 Å². The Kier molecular flexibility index (Phi) is 8.26. The van der Waals surface area contributed by atoms with Crippen LogP contribution in [0.5, 0.6) is 0 Å². The van der Waals surface area contributed by atoms with Crippen molar-refractivity contribution in [3.8, 4) is 0 Å². The quantitative estimate of drug-likeness (QED) is 0.562. The van der Waals surface area contributed by atoms with Crippen LogP contribution in [0.3, 0.4) is 0 Å². The number of anilines is 2. The van der Waals surface area contributed by atoms with Gasteiger partial charge < -0.3 is 14.6 Å². The Hall–Kier alpha value is -2.64. The van der Waals surface area contributed by atoms with Gasteiger partial charge in [0.15, 0.2) is 0 Å². The second-order valence-corrected chi connectivity index (χ2v) is 8.10. The highest BCUT2D eigenvalue weighted by atomic mass is 35.5. The van der Waals surface area contributed by atoms with Crippen LogP contribution in [-0.4, -0.2) is 37.0 Å². The summed E-state index contributed by atoms with van der Waals surface area (Å²) in [5.41, 5.74) is 0.894. The van der Waals surface area contributed by atoms with E-state index < -0.39 is 17.9 Å². The molecule has 1 N–H and O–H groups in total. The van der Waals surface area contributed by atoms with Crippen LogP contribution in [0.1, 0.15) is 25.7 Å². The predicted molar refractivity (Wildman–Crippen MR) is 115 cm³/mol. The number of amides is 1. The lowest BCUT2D eigenvalue weighted by Gasteiger charge is -2.29. The molecule has 166 valence electrons. The molecule has 0 heterocycles. The van der Waals surface area contributed by atoms with Crippen molar-refractivity contribution in [2.45, 2.75) is 25.7 Å². The fourth-order valence-corrected chi connectivity index (χ4v) is 3.82. The monoisotopic (exact) mass is 449 g/mol. The molecule has 3 rings (SSSR count). The van der Waals surface area contributed by atoms with Crippen molar-refractivity contribution in [1.29, 1.82) is 0 Å². The van der Waals surface area contributed by atoms with E-state index in [-0.39, 0.29) is 19.1 Å². The van der Waals surface area contributed by atoms with Crippen LogP contribution in [-0.2, 0) is 14.3 Å². The van der Waals surface area contributed by atoms with Gasteiger partial charge in [-0.15, -0.1) is 0 Å². The van der Waals surface area contributed by atoms with Crippen LogP contribution in [0, 0.1) is 17.7 Å². The minimum atomic E-state index is -0.968. The summed E-state index contributed by atoms with van der Waals surface area (Å²) in [5, 5.41) is 9.17. The number of carboxylic acid groups (broad SMARTS) is 1. The zero-order valence-electron chi connectivity index (χ0n) is 17.0. The van der Waals surface area contributed by atoms with Gasteiger partial charge >= 0.3 is 12.1 Å². The smallest absolute Gasteiger partial charge is 0.418 e. The highest BCUT2D eigenvalue weighted by Crippen LogP contribution is 2.31. The maximum absolute atomic E-state index is 13.8. The fraction of sp³-hybridized carbons (Fsp3) is 0.391. The van der Waals surface area contributed by atoms with E-state index in [2.05, 4.69) is 0 Å². The topological polar surface area (TPSA) is 76.1 Å². The van der Waals surface area contributed by atoms with Crippen molar-refractivity contribution in [3.63, 3.8) is 0 Å². The number of hydrogen-bond donors (Lipinski definition) is 1. The first-order chi connectivity index (χ1) is 14.9. The number of benzene rings is 2. The molecule has 0 bridgehead atoms. The van der Waals surface area contributed by atoms with Crippen LogP contribution in [0.25, 0.3) is 0 Å². The van der Waals surface area contributed by atoms with Crippen LogP contribution in [0.15, 0.2) is 48.5 Å². The standard InChI is InChI=1S/C23H25ClFNO5/c24-18-8-10-20(11-9-18)26(21-3-1-2-19(25)12-21)23(29)31-14-17-6-4-16(5-7-17)13-30-15-22(27)28/h1-3,8-12,16-17H,4-7,13-15H2,(H,27,28). The molecule has 1 saturated carbocycles. The van der Waals surface area contributed by atoms with Crippen LogP contribution >= 0.6 is 11.6 Å². The number of rotatable bonds is 8. The third-order valence-electron chi connectivity index (χ3n) is 5.32. The molecule has 6 nitrogen and oxygen atoms in total. The lowest BCUT2D eigenvalue weighted by molar-refractivity contribution is -0.142. The summed E-state index contributed by atoms with van der Waals surface area (Å²) in [6, 6.07) is 12.4. The van der Waals surface area contributed by atoms with Gasteiger partial charge in [-0.05, 0) is 80.0 Å². The first kappa shape index (κ1) is 23.0. The normalized spacial score (nSPS) is 18.4. The molecule has 31 heavy (non-hydrogen) atoms. The molecule has 2 aromatic carbocycles. The minimum absolute atomic E-state index is 0.222. The molecule has 0 spiro atoms. The van der Waals surface area contributed by atoms with E-state index >= 15 is 0 Å². The summed E-state index contributed by atoms with van der Waals surface area (Å²) < 4.78 is 24.6. The number of carboxylic acids is 1. The first-order valence-corrected chi connectivity index (χ1v) is 10.6. The number of hydrogen-bond acceptors (Lipinski definition) is 4. The Morgan fingerprint density at radius 1 is 1.00 bits per heavy atom. The van der Waals surface area contributed by atoms with Gasteiger partial charge in [0.1, 0.15) is 12.4 Å². The largest absolute Gasteiger partial charge is 0.480 e. The predicted octanol–water partition coefficient (Wildman–Crippen LogP) is 5.66. The fourth-order valence-electron chi connectivity index (χ4n) is 3.70. The summed E-state index contributed by atoms with van der Waals surface area (Å²) in [7, 11) is 0. The maximum Gasteiger partial charge on any atom is 0.418 e. The van der Waals surface area contributed by atoms with Crippen LogP contribution < -0.4 is 4.90 Å². The van der Waals surface area contributed by atoms with Gasteiger partial charge in [0.25, 0.3) is 0 Å². The number of carbonyl (C=O) groups is 2.